The van der Waals surface area contributed by atoms with E-state index in [4.69, 9.17) is 4.74 Å². The Bertz CT molecular complexity index is 708. The monoisotopic (exact) mass is 417 g/mol. The molecule has 0 spiro atoms. The first-order chi connectivity index (χ1) is 14.1. The summed E-state index contributed by atoms with van der Waals surface area (Å²) in [6.07, 6.45) is 10.2. The third kappa shape index (κ3) is 2.74. The highest BCUT2D eigenvalue weighted by Gasteiger charge is 2.69. The normalized spacial score (nSPS) is 54.1. The second-order valence-corrected chi connectivity index (χ2v) is 12.6. The summed E-state index contributed by atoms with van der Waals surface area (Å²) in [6, 6.07) is 0.476. The van der Waals surface area contributed by atoms with Gasteiger partial charge in [0.1, 0.15) is 0 Å². The van der Waals surface area contributed by atoms with E-state index in [-0.39, 0.29) is 5.41 Å². The average Bonchev–Trinajstić information content (AvgIpc) is 3.39. The number of carboxylic acid groups (broad SMARTS) is 1. The number of fused-ring (bicyclic) bond motifs is 6. The molecular weight excluding hydrogens is 374 g/mol. The van der Waals surface area contributed by atoms with Crippen LogP contribution in [0.1, 0.15) is 86.0 Å². The smallest absolute Gasteiger partial charge is 0.309 e. The minimum absolute atomic E-state index is 0.0446. The molecule has 0 aromatic carbocycles. The Balaban J connectivity index is 1.43. The average molecular weight is 418 g/mol. The van der Waals surface area contributed by atoms with E-state index in [0.717, 1.165) is 37.6 Å². The summed E-state index contributed by atoms with van der Waals surface area (Å²) in [5, 5.41) is 14.1. The minimum atomic E-state index is -0.564. The van der Waals surface area contributed by atoms with Crippen molar-refractivity contribution in [3.8, 4) is 0 Å². The molecule has 0 aromatic heterocycles. The number of ether oxygens (including phenoxy) is 1. The van der Waals surface area contributed by atoms with Gasteiger partial charge in [-0.15, -0.1) is 0 Å². The quantitative estimate of drug-likeness (QED) is 0.610. The Kier molecular flexibility index (Phi) is 4.92. The summed E-state index contributed by atoms with van der Waals surface area (Å²) in [5.41, 5.74) is -0.301. The molecule has 170 valence electrons. The topological polar surface area (TPSA) is 61.9 Å². The molecule has 0 bridgehead atoms. The van der Waals surface area contributed by atoms with Crippen LogP contribution in [-0.4, -0.2) is 35.9 Å². The van der Waals surface area contributed by atoms with Crippen LogP contribution in [0.2, 0.25) is 0 Å². The van der Waals surface area contributed by atoms with Gasteiger partial charge in [0.15, 0.2) is 0 Å². The van der Waals surface area contributed by atoms with Crippen LogP contribution in [0, 0.1) is 45.8 Å². The number of carbonyl (C=O) groups is 1. The minimum Gasteiger partial charge on any atom is -0.481 e. The molecule has 1 aliphatic heterocycles. The zero-order valence-corrected chi connectivity index (χ0v) is 19.7. The Hall–Kier alpha value is -0.610. The van der Waals surface area contributed by atoms with Crippen LogP contribution in [0.15, 0.2) is 0 Å². The SMILES string of the molecule is CC(C)CCNC1C2OC2CC2CC[C@@H]3[C@@H](CC[C@@]4(C)[C@H]3CCC4(C)C(=O)O)[C@]21C. The predicted molar refractivity (Wildman–Crippen MR) is 118 cm³/mol. The fourth-order valence-electron chi connectivity index (χ4n) is 9.08. The lowest BCUT2D eigenvalue weighted by Gasteiger charge is -2.62. The molecule has 0 amide bonds. The van der Waals surface area contributed by atoms with Crippen molar-refractivity contribution in [2.75, 3.05) is 6.54 Å². The van der Waals surface area contributed by atoms with Gasteiger partial charge in [0.25, 0.3) is 0 Å². The summed E-state index contributed by atoms with van der Waals surface area (Å²) in [6.45, 7) is 12.7. The van der Waals surface area contributed by atoms with Crippen LogP contribution < -0.4 is 5.32 Å². The molecular formula is C26H43NO3. The van der Waals surface area contributed by atoms with Crippen molar-refractivity contribution < 1.29 is 14.6 Å². The van der Waals surface area contributed by atoms with Gasteiger partial charge in [0.2, 0.25) is 0 Å². The Morgan fingerprint density at radius 1 is 1.10 bits per heavy atom. The zero-order valence-electron chi connectivity index (χ0n) is 19.7. The number of aliphatic carboxylic acids is 1. The summed E-state index contributed by atoms with van der Waals surface area (Å²) in [7, 11) is 0. The Morgan fingerprint density at radius 2 is 1.83 bits per heavy atom. The highest BCUT2D eigenvalue weighted by atomic mass is 16.6. The van der Waals surface area contributed by atoms with Crippen LogP contribution in [0.3, 0.4) is 0 Å². The summed E-state index contributed by atoms with van der Waals surface area (Å²) < 4.78 is 6.22. The second-order valence-electron chi connectivity index (χ2n) is 12.6. The second kappa shape index (κ2) is 6.94. The van der Waals surface area contributed by atoms with Gasteiger partial charge in [-0.3, -0.25) is 4.79 Å². The predicted octanol–water partition coefficient (Wildman–Crippen LogP) is 5.11. The molecule has 4 nitrogen and oxygen atoms in total. The molecule has 1 heterocycles. The summed E-state index contributed by atoms with van der Waals surface area (Å²) >= 11 is 0. The standard InChI is InChI=1S/C26H43NO3/c1-15(2)10-13-27-22-21-20(30-21)14-16-6-7-17-18-8-12-25(4,23(28)29)24(18,3)11-9-19(17)26(16,22)5/h15-22,27H,6-14H2,1-5H3,(H,28,29)/t16?,17-,18-,19+,20?,21?,22?,24-,25?,26-/m0/s1. The molecule has 10 atom stereocenters. The summed E-state index contributed by atoms with van der Waals surface area (Å²) in [4.78, 5) is 12.3. The van der Waals surface area contributed by atoms with Gasteiger partial charge >= 0.3 is 5.97 Å². The van der Waals surface area contributed by atoms with Crippen LogP contribution in [0.5, 0.6) is 0 Å². The van der Waals surface area contributed by atoms with Crippen LogP contribution in [0.25, 0.3) is 0 Å². The fraction of sp³-hybridized carbons (Fsp3) is 0.962. The number of epoxide rings is 1. The van der Waals surface area contributed by atoms with Crippen molar-refractivity contribution in [2.45, 2.75) is 104 Å². The number of hydrogen-bond acceptors (Lipinski definition) is 3. The molecule has 5 unspecified atom stereocenters. The van der Waals surface area contributed by atoms with Crippen LogP contribution in [0.4, 0.5) is 0 Å². The third-order valence-corrected chi connectivity index (χ3v) is 11.3. The molecule has 2 N–H and O–H groups in total. The lowest BCUT2D eigenvalue weighted by atomic mass is 9.42. The number of carboxylic acids is 1. The fourth-order valence-corrected chi connectivity index (χ4v) is 9.08. The zero-order chi connectivity index (χ0) is 21.5. The number of rotatable bonds is 5. The van der Waals surface area contributed by atoms with Gasteiger partial charge in [0.05, 0.1) is 17.6 Å². The third-order valence-electron chi connectivity index (χ3n) is 11.3. The number of nitrogens with one attached hydrogen (secondary N) is 1. The molecule has 0 aromatic rings. The molecule has 5 fully saturated rings. The molecule has 30 heavy (non-hydrogen) atoms. The van der Waals surface area contributed by atoms with E-state index in [9.17, 15) is 9.90 Å². The molecule has 4 saturated carbocycles. The van der Waals surface area contributed by atoms with Gasteiger partial charge < -0.3 is 15.2 Å². The van der Waals surface area contributed by atoms with E-state index in [1.54, 1.807) is 0 Å². The van der Waals surface area contributed by atoms with E-state index >= 15 is 0 Å². The van der Waals surface area contributed by atoms with Crippen molar-refractivity contribution in [1.29, 1.82) is 0 Å². The highest BCUT2D eigenvalue weighted by molar-refractivity contribution is 5.76. The van der Waals surface area contributed by atoms with Crippen molar-refractivity contribution in [3.63, 3.8) is 0 Å². The maximum absolute atomic E-state index is 12.3. The van der Waals surface area contributed by atoms with Crippen LogP contribution in [-0.2, 0) is 9.53 Å². The molecule has 4 heteroatoms. The van der Waals surface area contributed by atoms with Crippen molar-refractivity contribution >= 4 is 5.97 Å². The Labute approximate surface area is 182 Å². The van der Waals surface area contributed by atoms with E-state index in [1.807, 2.05) is 6.92 Å². The van der Waals surface area contributed by atoms with Crippen molar-refractivity contribution in [2.24, 2.45) is 45.8 Å². The largest absolute Gasteiger partial charge is 0.481 e. The van der Waals surface area contributed by atoms with E-state index in [2.05, 4.69) is 33.0 Å². The van der Waals surface area contributed by atoms with E-state index in [0.29, 0.717) is 41.4 Å². The van der Waals surface area contributed by atoms with Crippen molar-refractivity contribution in [3.05, 3.63) is 0 Å². The van der Waals surface area contributed by atoms with Gasteiger partial charge in [-0.2, -0.15) is 0 Å². The molecule has 5 aliphatic rings. The first-order valence-corrected chi connectivity index (χ1v) is 12.7. The first kappa shape index (κ1) is 21.2. The lowest BCUT2D eigenvalue weighted by Crippen LogP contribution is -2.63. The van der Waals surface area contributed by atoms with Gasteiger partial charge in [-0.25, -0.2) is 0 Å². The van der Waals surface area contributed by atoms with E-state index in [1.165, 1.54) is 32.1 Å². The maximum atomic E-state index is 12.3. The van der Waals surface area contributed by atoms with Gasteiger partial charge in [-0.05, 0) is 105 Å². The molecule has 1 saturated heterocycles. The summed E-state index contributed by atoms with van der Waals surface area (Å²) in [5.74, 6) is 2.90. The molecule has 0 radical (unpaired) electrons. The number of hydrogen-bond donors (Lipinski definition) is 2. The molecule has 5 rings (SSSR count). The van der Waals surface area contributed by atoms with Crippen molar-refractivity contribution in [1.82, 2.24) is 5.32 Å². The van der Waals surface area contributed by atoms with E-state index < -0.39 is 11.4 Å². The Morgan fingerprint density at radius 3 is 2.53 bits per heavy atom. The highest BCUT2D eigenvalue weighted by Crippen LogP contribution is 2.71. The maximum Gasteiger partial charge on any atom is 0.309 e. The molecule has 4 aliphatic carbocycles. The van der Waals surface area contributed by atoms with Gasteiger partial charge in [-0.1, -0.05) is 27.7 Å². The van der Waals surface area contributed by atoms with Gasteiger partial charge in [0, 0.05) is 6.04 Å². The lowest BCUT2D eigenvalue weighted by molar-refractivity contribution is -0.166. The first-order valence-electron chi connectivity index (χ1n) is 12.7. The van der Waals surface area contributed by atoms with Crippen LogP contribution >= 0.6 is 0 Å².